The summed E-state index contributed by atoms with van der Waals surface area (Å²) >= 11 is 0. The van der Waals surface area contributed by atoms with E-state index in [0.29, 0.717) is 11.1 Å². The van der Waals surface area contributed by atoms with Gasteiger partial charge in [0.15, 0.2) is 0 Å². The SMILES string of the molecule is O=C1[N-]C(=O)c2ccccc21.O=[C-]OO.[Y]. The van der Waals surface area contributed by atoms with Crippen LogP contribution in [0.2, 0.25) is 0 Å². The van der Waals surface area contributed by atoms with Crippen molar-refractivity contribution in [2.75, 3.05) is 0 Å². The number of hydrogen-bond acceptors (Lipinski definition) is 5. The first kappa shape index (κ1) is 14.9. The van der Waals surface area contributed by atoms with Crippen molar-refractivity contribution in [2.24, 2.45) is 0 Å². The van der Waals surface area contributed by atoms with Gasteiger partial charge >= 0.3 is 0 Å². The number of carbonyl (C=O) groups excluding carboxylic acids is 3. The summed E-state index contributed by atoms with van der Waals surface area (Å²) in [7, 11) is 0. The minimum absolute atomic E-state index is 0. The van der Waals surface area contributed by atoms with Crippen molar-refractivity contribution in [1.82, 2.24) is 0 Å². The first-order valence-corrected chi connectivity index (χ1v) is 3.77. The maximum Gasteiger partial charge on any atom is 0.0883 e. The average Bonchev–Trinajstić information content (AvgIpc) is 2.56. The number of hydrogen-bond donors (Lipinski definition) is 1. The van der Waals surface area contributed by atoms with Gasteiger partial charge < -0.3 is 24.6 Å². The maximum absolute atomic E-state index is 10.9. The van der Waals surface area contributed by atoms with Crippen LogP contribution in [0, 0.1) is 0 Å². The Balaban J connectivity index is 0.000000397. The third-order valence-electron chi connectivity index (χ3n) is 1.63. The molecule has 0 fully saturated rings. The monoisotopic (exact) mass is 296 g/mol. The average molecular weight is 296 g/mol. The molecule has 0 atom stereocenters. The molecule has 1 heterocycles. The second-order valence-corrected chi connectivity index (χ2v) is 2.44. The van der Waals surface area contributed by atoms with Crippen LogP contribution in [0.5, 0.6) is 0 Å². The van der Waals surface area contributed by atoms with E-state index in [1.54, 1.807) is 24.3 Å². The Labute approximate surface area is 116 Å². The maximum atomic E-state index is 10.9. The first-order valence-electron chi connectivity index (χ1n) is 3.77. The fraction of sp³-hybridized carbons (Fsp3) is 0. The van der Waals surface area contributed by atoms with Crippen molar-refractivity contribution in [1.29, 1.82) is 0 Å². The van der Waals surface area contributed by atoms with E-state index in [0.717, 1.165) is 6.47 Å². The molecule has 0 saturated heterocycles. The molecule has 1 aromatic carbocycles. The largest absolute Gasteiger partial charge is 0.587 e. The minimum atomic E-state index is -0.425. The topological polar surface area (TPSA) is 94.8 Å². The minimum Gasteiger partial charge on any atom is -0.587 e. The van der Waals surface area contributed by atoms with E-state index < -0.39 is 11.8 Å². The van der Waals surface area contributed by atoms with Crippen LogP contribution in [-0.2, 0) is 42.4 Å². The molecule has 0 unspecified atom stereocenters. The van der Waals surface area contributed by atoms with Crippen LogP contribution in [0.4, 0.5) is 0 Å². The summed E-state index contributed by atoms with van der Waals surface area (Å²) < 4.78 is 0. The van der Waals surface area contributed by atoms with E-state index in [-0.39, 0.29) is 32.7 Å². The molecule has 0 saturated carbocycles. The zero-order chi connectivity index (χ0) is 11.3. The van der Waals surface area contributed by atoms with E-state index in [2.05, 4.69) is 10.2 Å². The molecule has 7 heteroatoms. The predicted molar refractivity (Wildman–Crippen MR) is 47.9 cm³/mol. The number of fused-ring (bicyclic) bond motifs is 1. The van der Waals surface area contributed by atoms with Crippen molar-refractivity contribution in [3.05, 3.63) is 40.7 Å². The van der Waals surface area contributed by atoms with E-state index in [1.165, 1.54) is 0 Å². The van der Waals surface area contributed by atoms with Crippen molar-refractivity contribution >= 4 is 18.3 Å². The summed E-state index contributed by atoms with van der Waals surface area (Å²) in [4.78, 5) is 33.1. The fourth-order valence-electron chi connectivity index (χ4n) is 1.07. The molecule has 1 aliphatic rings. The van der Waals surface area contributed by atoms with Gasteiger partial charge in [-0.3, -0.25) is 0 Å². The predicted octanol–water partition coefficient (Wildman–Crippen LogP) is 0.895. The summed E-state index contributed by atoms with van der Waals surface area (Å²) in [5, 5.41) is 10.2. The standard InChI is InChI=1S/C8H5NO2.CHO3.Y/c10-7-5-3-1-2-4-6(5)8(11)9-7;2-1-4-3;/h1-4H,(H,9,10,11);3H;/q;-1;/p-1. The molecule has 1 aliphatic heterocycles. The molecule has 0 aromatic heterocycles. The fourth-order valence-corrected chi connectivity index (χ4v) is 1.07. The molecule has 1 N–H and O–H groups in total. The molecule has 0 aliphatic carbocycles. The Bertz CT molecular complexity index is 374. The Kier molecular flexibility index (Phi) is 6.72. The van der Waals surface area contributed by atoms with E-state index in [4.69, 9.17) is 10.1 Å². The number of carbonyl (C=O) groups is 2. The number of benzene rings is 1. The van der Waals surface area contributed by atoms with Crippen LogP contribution in [0.1, 0.15) is 20.7 Å². The smallest absolute Gasteiger partial charge is 0.0883 e. The summed E-state index contributed by atoms with van der Waals surface area (Å²) in [6.07, 6.45) is 0. The molecule has 2 amide bonds. The Morgan fingerprint density at radius 2 is 1.50 bits per heavy atom. The van der Waals surface area contributed by atoms with E-state index in [1.807, 2.05) is 0 Å². The summed E-state index contributed by atoms with van der Waals surface area (Å²) in [6.45, 7) is 0.736. The van der Waals surface area contributed by atoms with Crippen molar-refractivity contribution in [3.63, 3.8) is 0 Å². The Hall–Kier alpha value is -1.11. The van der Waals surface area contributed by atoms with Crippen LogP contribution < -0.4 is 0 Å². The van der Waals surface area contributed by atoms with E-state index in [9.17, 15) is 9.59 Å². The van der Waals surface area contributed by atoms with E-state index >= 15 is 0 Å². The number of nitrogens with zero attached hydrogens (tertiary/aromatic N) is 1. The van der Waals surface area contributed by atoms with Gasteiger partial charge in [0, 0.05) is 43.8 Å². The number of imide groups is 1. The zero-order valence-electron chi connectivity index (χ0n) is 7.91. The third kappa shape index (κ3) is 3.48. The van der Waals surface area contributed by atoms with Crippen molar-refractivity contribution < 1.29 is 57.2 Å². The van der Waals surface area contributed by atoms with Gasteiger partial charge in [0.2, 0.25) is 0 Å². The zero-order valence-corrected chi connectivity index (χ0v) is 10.8. The van der Waals surface area contributed by atoms with Crippen molar-refractivity contribution in [2.45, 2.75) is 0 Å². The van der Waals surface area contributed by atoms with Crippen LogP contribution >= 0.6 is 0 Å². The molecule has 6 nitrogen and oxygen atoms in total. The summed E-state index contributed by atoms with van der Waals surface area (Å²) in [6, 6.07) is 6.63. The molecule has 0 bridgehead atoms. The van der Waals surface area contributed by atoms with Crippen LogP contribution in [-0.4, -0.2) is 23.5 Å². The summed E-state index contributed by atoms with van der Waals surface area (Å²) in [5.41, 5.74) is 0.829. The Morgan fingerprint density at radius 1 is 1.12 bits per heavy atom. The molecular weight excluding hydrogens is 291 g/mol. The van der Waals surface area contributed by atoms with Gasteiger partial charge in [-0.2, -0.15) is 0 Å². The van der Waals surface area contributed by atoms with Gasteiger partial charge in [0.25, 0.3) is 0 Å². The second-order valence-electron chi connectivity index (χ2n) is 2.44. The molecule has 1 aromatic rings. The van der Waals surface area contributed by atoms with Crippen LogP contribution in [0.15, 0.2) is 24.3 Å². The molecule has 16 heavy (non-hydrogen) atoms. The van der Waals surface area contributed by atoms with Crippen LogP contribution in [0.3, 0.4) is 0 Å². The Morgan fingerprint density at radius 3 is 1.81 bits per heavy atom. The number of amides is 2. The van der Waals surface area contributed by atoms with Gasteiger partial charge in [-0.1, -0.05) is 24.3 Å². The molecule has 1 radical (unpaired) electrons. The van der Waals surface area contributed by atoms with Crippen LogP contribution in [0.25, 0.3) is 5.32 Å². The van der Waals surface area contributed by atoms with Crippen molar-refractivity contribution in [3.8, 4) is 0 Å². The molecule has 81 valence electrons. The van der Waals surface area contributed by atoms with Gasteiger partial charge in [-0.25, -0.2) is 5.26 Å². The molecule has 2 rings (SSSR count). The first-order chi connectivity index (χ1) is 7.20. The van der Waals surface area contributed by atoms with Gasteiger partial charge in [-0.05, 0) is 6.47 Å². The molecule has 0 spiro atoms. The summed E-state index contributed by atoms with van der Waals surface area (Å²) in [5.74, 6) is -0.851. The van der Waals surface area contributed by atoms with Gasteiger partial charge in [-0.15, -0.1) is 0 Å². The third-order valence-corrected chi connectivity index (χ3v) is 1.63. The number of rotatable bonds is 1. The quantitative estimate of drug-likeness (QED) is 0.359. The second kappa shape index (κ2) is 7.21. The molecular formula is C9H5NO5Y-2. The normalized spacial score (nSPS) is 11.3. The van der Waals surface area contributed by atoms with Gasteiger partial charge in [0.1, 0.15) is 0 Å². The van der Waals surface area contributed by atoms with Gasteiger partial charge in [0.05, 0.1) is 11.8 Å².